The molecule has 138 valence electrons. The van der Waals surface area contributed by atoms with Crippen molar-refractivity contribution in [3.63, 3.8) is 0 Å². The van der Waals surface area contributed by atoms with E-state index in [4.69, 9.17) is 0 Å². The van der Waals surface area contributed by atoms with Gasteiger partial charge in [-0.1, -0.05) is 53.8 Å². The van der Waals surface area contributed by atoms with Crippen molar-refractivity contribution >= 4 is 28.1 Å². The smallest absolute Gasteiger partial charge is 0.269 e. The average molecular weight is 382 g/mol. The lowest BCUT2D eigenvalue weighted by atomic mass is 10.1. The molecule has 0 saturated heterocycles. The van der Waals surface area contributed by atoms with Crippen LogP contribution in [-0.4, -0.2) is 21.0 Å². The molecule has 3 aromatic rings. The van der Waals surface area contributed by atoms with Crippen LogP contribution in [0.15, 0.2) is 54.6 Å². The summed E-state index contributed by atoms with van der Waals surface area (Å²) >= 11 is 1.37. The summed E-state index contributed by atoms with van der Waals surface area (Å²) in [6, 6.07) is 16.2. The van der Waals surface area contributed by atoms with Crippen LogP contribution in [0.25, 0.3) is 0 Å². The Balaban J connectivity index is 1.46. The fourth-order valence-electron chi connectivity index (χ4n) is 2.58. The zero-order valence-electron chi connectivity index (χ0n) is 14.5. The van der Waals surface area contributed by atoms with Crippen molar-refractivity contribution in [3.05, 3.63) is 80.8 Å². The summed E-state index contributed by atoms with van der Waals surface area (Å²) in [5.74, 6) is -0.226. The van der Waals surface area contributed by atoms with Crippen LogP contribution in [0, 0.1) is 10.1 Å². The highest BCUT2D eigenvalue weighted by atomic mass is 32.1. The Labute approximate surface area is 160 Å². The van der Waals surface area contributed by atoms with Crippen LogP contribution in [0.1, 0.15) is 22.6 Å². The lowest BCUT2D eigenvalue weighted by Crippen LogP contribution is -2.14. The summed E-state index contributed by atoms with van der Waals surface area (Å²) in [5.41, 5.74) is 1.99. The lowest BCUT2D eigenvalue weighted by Gasteiger charge is -2.01. The van der Waals surface area contributed by atoms with Crippen molar-refractivity contribution in [1.82, 2.24) is 10.2 Å². The number of aromatic nitrogens is 2. The molecule has 0 fully saturated rings. The third-order valence-corrected chi connectivity index (χ3v) is 4.82. The number of anilines is 1. The molecule has 8 heteroatoms. The van der Waals surface area contributed by atoms with E-state index in [0.29, 0.717) is 10.7 Å². The first-order valence-electron chi connectivity index (χ1n) is 8.49. The van der Waals surface area contributed by atoms with E-state index in [9.17, 15) is 14.9 Å². The summed E-state index contributed by atoms with van der Waals surface area (Å²) in [5, 5.41) is 22.9. The Hall–Kier alpha value is -3.13. The number of carbonyl (C=O) groups is 1. The van der Waals surface area contributed by atoms with Gasteiger partial charge in [-0.3, -0.25) is 14.9 Å². The number of rotatable bonds is 8. The van der Waals surface area contributed by atoms with Crippen molar-refractivity contribution < 1.29 is 9.72 Å². The van der Waals surface area contributed by atoms with Crippen LogP contribution in [0.3, 0.4) is 0 Å². The van der Waals surface area contributed by atoms with Gasteiger partial charge in [0, 0.05) is 18.6 Å². The van der Waals surface area contributed by atoms with Gasteiger partial charge < -0.3 is 5.32 Å². The zero-order valence-corrected chi connectivity index (χ0v) is 15.3. The minimum Gasteiger partial charge on any atom is -0.300 e. The van der Waals surface area contributed by atoms with Gasteiger partial charge in [-0.2, -0.15) is 0 Å². The van der Waals surface area contributed by atoms with Gasteiger partial charge in [-0.25, -0.2) is 0 Å². The van der Waals surface area contributed by atoms with Crippen LogP contribution >= 0.6 is 11.3 Å². The number of benzene rings is 2. The molecule has 1 heterocycles. The first-order valence-corrected chi connectivity index (χ1v) is 9.31. The number of non-ortho nitro benzene ring substituents is 1. The number of hydrogen-bond donors (Lipinski definition) is 1. The molecule has 3 rings (SSSR count). The predicted octanol–water partition coefficient (Wildman–Crippen LogP) is 3.80. The van der Waals surface area contributed by atoms with Crippen molar-refractivity contribution in [2.45, 2.75) is 25.7 Å². The number of carbonyl (C=O) groups excluding carboxylic acids is 1. The molecule has 0 radical (unpaired) electrons. The number of amides is 1. The summed E-state index contributed by atoms with van der Waals surface area (Å²) in [7, 11) is 0. The number of nitro groups is 1. The number of nitrogens with zero attached hydrogens (tertiary/aromatic N) is 3. The Morgan fingerprint density at radius 1 is 1.00 bits per heavy atom. The normalized spacial score (nSPS) is 10.5. The molecule has 0 bridgehead atoms. The van der Waals surface area contributed by atoms with Crippen LogP contribution < -0.4 is 5.32 Å². The predicted molar refractivity (Wildman–Crippen MR) is 104 cm³/mol. The van der Waals surface area contributed by atoms with Crippen LogP contribution in [0.2, 0.25) is 0 Å². The van der Waals surface area contributed by atoms with Crippen molar-refractivity contribution in [1.29, 1.82) is 0 Å². The largest absolute Gasteiger partial charge is 0.300 e. The summed E-state index contributed by atoms with van der Waals surface area (Å²) in [4.78, 5) is 22.3. The molecule has 7 nitrogen and oxygen atoms in total. The first kappa shape index (κ1) is 18.7. The van der Waals surface area contributed by atoms with Gasteiger partial charge in [-0.15, -0.1) is 10.2 Å². The second-order valence-electron chi connectivity index (χ2n) is 5.99. The van der Waals surface area contributed by atoms with E-state index in [-0.39, 0.29) is 18.0 Å². The third-order valence-electron chi connectivity index (χ3n) is 3.92. The van der Waals surface area contributed by atoms with E-state index in [2.05, 4.69) is 27.6 Å². The fourth-order valence-corrected chi connectivity index (χ4v) is 3.38. The molecular weight excluding hydrogens is 364 g/mol. The van der Waals surface area contributed by atoms with Crippen molar-refractivity contribution in [3.8, 4) is 0 Å². The van der Waals surface area contributed by atoms with Gasteiger partial charge in [-0.05, 0) is 24.0 Å². The minimum absolute atomic E-state index is 0.00317. The highest BCUT2D eigenvalue weighted by Crippen LogP contribution is 2.18. The lowest BCUT2D eigenvalue weighted by molar-refractivity contribution is -0.384. The molecular formula is C19H18N4O3S. The molecule has 1 N–H and O–H groups in total. The van der Waals surface area contributed by atoms with E-state index in [1.54, 1.807) is 12.1 Å². The minimum atomic E-state index is -0.468. The van der Waals surface area contributed by atoms with Gasteiger partial charge in [0.25, 0.3) is 5.69 Å². The number of nitro benzene ring substituents is 1. The quantitative estimate of drug-likeness (QED) is 0.472. The van der Waals surface area contributed by atoms with Gasteiger partial charge in [0.15, 0.2) is 0 Å². The molecule has 0 atom stereocenters. The van der Waals surface area contributed by atoms with E-state index >= 15 is 0 Å². The Bertz CT molecular complexity index is 910. The molecule has 2 aromatic carbocycles. The summed E-state index contributed by atoms with van der Waals surface area (Å²) in [6.07, 6.45) is 2.88. The maximum absolute atomic E-state index is 12.1. The second kappa shape index (κ2) is 9.00. The topological polar surface area (TPSA) is 98.0 Å². The molecule has 0 spiro atoms. The monoisotopic (exact) mass is 382 g/mol. The Morgan fingerprint density at radius 2 is 1.74 bits per heavy atom. The molecule has 0 unspecified atom stereocenters. The van der Waals surface area contributed by atoms with E-state index in [0.717, 1.165) is 24.3 Å². The zero-order chi connectivity index (χ0) is 19.1. The van der Waals surface area contributed by atoms with Gasteiger partial charge in [0.2, 0.25) is 11.0 Å². The maximum atomic E-state index is 12.1. The van der Waals surface area contributed by atoms with Crippen molar-refractivity contribution in [2.24, 2.45) is 0 Å². The molecule has 1 aromatic heterocycles. The number of nitrogens with one attached hydrogen (secondary N) is 1. The summed E-state index contributed by atoms with van der Waals surface area (Å²) < 4.78 is 0. The number of hydrogen-bond acceptors (Lipinski definition) is 6. The molecule has 1 amide bonds. The third kappa shape index (κ3) is 5.68. The molecule has 0 saturated carbocycles. The first-order chi connectivity index (χ1) is 13.1. The van der Waals surface area contributed by atoms with Crippen molar-refractivity contribution in [2.75, 3.05) is 5.32 Å². The molecule has 0 aliphatic carbocycles. The maximum Gasteiger partial charge on any atom is 0.269 e. The number of aryl methyl sites for hydroxylation is 2. The molecule has 0 aliphatic rings. The van der Waals surface area contributed by atoms with Crippen LogP contribution in [0.5, 0.6) is 0 Å². The Kier molecular flexibility index (Phi) is 6.22. The van der Waals surface area contributed by atoms with Gasteiger partial charge in [0.05, 0.1) is 11.3 Å². The van der Waals surface area contributed by atoms with E-state index < -0.39 is 4.92 Å². The fraction of sp³-hybridized carbons (Fsp3) is 0.211. The van der Waals surface area contributed by atoms with Crippen LogP contribution in [-0.2, 0) is 24.1 Å². The van der Waals surface area contributed by atoms with E-state index in [1.165, 1.54) is 29.0 Å². The van der Waals surface area contributed by atoms with Gasteiger partial charge in [0.1, 0.15) is 5.01 Å². The summed E-state index contributed by atoms with van der Waals surface area (Å²) in [6.45, 7) is 0. The SMILES string of the molecule is O=C(Cc1ccc([N+](=O)[O-])cc1)Nc1nnc(CCCc2ccccc2)s1. The molecule has 27 heavy (non-hydrogen) atoms. The van der Waals surface area contributed by atoms with E-state index in [1.807, 2.05) is 18.2 Å². The van der Waals surface area contributed by atoms with Gasteiger partial charge >= 0.3 is 0 Å². The molecule has 0 aliphatic heterocycles. The highest BCUT2D eigenvalue weighted by Gasteiger charge is 2.10. The van der Waals surface area contributed by atoms with Crippen LogP contribution in [0.4, 0.5) is 10.8 Å². The second-order valence-corrected chi connectivity index (χ2v) is 7.05. The Morgan fingerprint density at radius 3 is 2.44 bits per heavy atom. The standard InChI is InChI=1S/C19H18N4O3S/c24-17(13-15-9-11-16(12-10-15)23(25)26)20-19-22-21-18(27-19)8-4-7-14-5-2-1-3-6-14/h1-3,5-6,9-12H,4,7-8,13H2,(H,20,22,24). The highest BCUT2D eigenvalue weighted by molar-refractivity contribution is 7.15. The average Bonchev–Trinajstić information content (AvgIpc) is 3.10.